The van der Waals surface area contributed by atoms with E-state index in [2.05, 4.69) is 0 Å². The van der Waals surface area contributed by atoms with Crippen LogP contribution in [0.3, 0.4) is 0 Å². The van der Waals surface area contributed by atoms with Gasteiger partial charge in [0, 0.05) is 0 Å². The van der Waals surface area contributed by atoms with Gasteiger partial charge in [-0.15, -0.1) is 0 Å². The molecule has 0 aliphatic carbocycles. The van der Waals surface area contributed by atoms with Gasteiger partial charge in [-0.1, -0.05) is 0 Å². The maximum Gasteiger partial charge on any atom is 1.00 e. The van der Waals surface area contributed by atoms with Crippen molar-refractivity contribution in [3.63, 3.8) is 0 Å². The van der Waals surface area contributed by atoms with Gasteiger partial charge in [-0.25, -0.2) is 0 Å². The van der Waals surface area contributed by atoms with Gasteiger partial charge in [0.15, 0.2) is 0 Å². The molecular formula is H2F6Ge. The number of hydrogen-bond donors (Lipinski definition) is 0. The molecule has 0 aromatic carbocycles. The molecule has 0 N–H and O–H groups in total. The van der Waals surface area contributed by atoms with Crippen LogP contribution >= 0.6 is 0 Å². The fourth-order valence-corrected chi connectivity index (χ4v) is 0. The number of halogens is 6. The largest absolute Gasteiger partial charge is 1.00 e. The number of hydrogen-bond acceptors (Lipinski definition) is 0. The van der Waals surface area contributed by atoms with Crippen LogP contribution in [0.2, 0.25) is 0 Å². The SMILES string of the molecule is [F][Ge-2]([F])([F])([F])([F])[F].[H+].[H+]. The topological polar surface area (TPSA) is 0 Å². The third-order valence-corrected chi connectivity index (χ3v) is 0. The summed E-state index contributed by atoms with van der Waals surface area (Å²) in [5, 5.41) is 0. The minimum Gasteiger partial charge on any atom is 1.00 e. The molecule has 0 heterocycles. The summed E-state index contributed by atoms with van der Waals surface area (Å²) in [6, 6.07) is 0. The first-order valence-electron chi connectivity index (χ1n) is 1.13. The molecule has 0 amide bonds. The fraction of sp³-hybridized carbons (Fsp3) is 0. The monoisotopic (exact) mass is 190 g/mol. The molecule has 48 valence electrons. The van der Waals surface area contributed by atoms with Crippen LogP contribution in [0.4, 0.5) is 21.0 Å². The molecule has 0 bridgehead atoms. The molecule has 0 aromatic heterocycles. The summed E-state index contributed by atoms with van der Waals surface area (Å²) in [6.45, 7) is 0. The average molecular weight is 189 g/mol. The standard InChI is InChI=1S/F6Ge/c1-7(2,3,4,5)6/q-2/p+2. The molecule has 0 unspecified atom stereocenters. The Morgan fingerprint density at radius 2 is 0.714 bits per heavy atom. The van der Waals surface area contributed by atoms with Crippen LogP contribution in [-0.4, -0.2) is 13.9 Å². The average Bonchev–Trinajstić information content (AvgIpc) is 0.592. The Hall–Kier alpha value is 0.123. The van der Waals surface area contributed by atoms with Crippen molar-refractivity contribution in [2.45, 2.75) is 0 Å². The van der Waals surface area contributed by atoms with Gasteiger partial charge in [0.25, 0.3) is 0 Å². The summed E-state index contributed by atoms with van der Waals surface area (Å²) in [4.78, 5) is 0. The van der Waals surface area contributed by atoms with Crippen LogP contribution in [0.1, 0.15) is 2.85 Å². The smallest absolute Gasteiger partial charge is 1.00 e. The van der Waals surface area contributed by atoms with Crippen LogP contribution in [0.5, 0.6) is 0 Å². The van der Waals surface area contributed by atoms with Crippen LogP contribution in [0.15, 0.2) is 0 Å². The summed E-state index contributed by atoms with van der Waals surface area (Å²) < 4.78 is 59.5. The van der Waals surface area contributed by atoms with E-state index >= 15 is 0 Å². The summed E-state index contributed by atoms with van der Waals surface area (Å²) in [5.41, 5.74) is 0. The van der Waals surface area contributed by atoms with Crippen LogP contribution in [0, 0.1) is 0 Å². The minimum absolute atomic E-state index is 0. The van der Waals surface area contributed by atoms with Gasteiger partial charge < -0.3 is 0 Å². The van der Waals surface area contributed by atoms with Gasteiger partial charge in [0.1, 0.15) is 0 Å². The molecule has 7 heteroatoms. The second-order valence-corrected chi connectivity index (χ2v) is 5.57. The van der Waals surface area contributed by atoms with E-state index in [-0.39, 0.29) is 2.85 Å². The third-order valence-electron chi connectivity index (χ3n) is 0. The van der Waals surface area contributed by atoms with Crippen molar-refractivity contribution in [1.29, 1.82) is 0 Å². The Bertz CT molecular complexity index is 69.6. The molecule has 0 spiro atoms. The van der Waals surface area contributed by atoms with Crippen LogP contribution in [-0.2, 0) is 0 Å². The van der Waals surface area contributed by atoms with Crippen LogP contribution in [0.25, 0.3) is 0 Å². The Morgan fingerprint density at radius 3 is 0.714 bits per heavy atom. The van der Waals surface area contributed by atoms with Gasteiger partial charge in [-0.3, -0.25) is 0 Å². The summed E-state index contributed by atoms with van der Waals surface area (Å²) in [6.07, 6.45) is 0. The fourth-order valence-electron chi connectivity index (χ4n) is 0. The van der Waals surface area contributed by atoms with E-state index in [4.69, 9.17) is 0 Å². The maximum absolute atomic E-state index is 11.2. The summed E-state index contributed by atoms with van der Waals surface area (Å²) >= 11 is -11.2. The van der Waals surface area contributed by atoms with E-state index in [9.17, 15) is 21.0 Å². The number of rotatable bonds is 0. The first-order valence-corrected chi connectivity index (χ1v) is 5.89. The molecule has 0 atom stereocenters. The van der Waals surface area contributed by atoms with Crippen molar-refractivity contribution < 1.29 is 23.9 Å². The Kier molecular flexibility index (Phi) is 0.715. The van der Waals surface area contributed by atoms with E-state index in [0.29, 0.717) is 0 Å². The van der Waals surface area contributed by atoms with E-state index in [0.717, 1.165) is 0 Å². The van der Waals surface area contributed by atoms with Crippen LogP contribution < -0.4 is 0 Å². The summed E-state index contributed by atoms with van der Waals surface area (Å²) in [7, 11) is 0. The molecule has 0 saturated heterocycles. The zero-order valence-corrected chi connectivity index (χ0v) is 4.87. The second kappa shape index (κ2) is 0.703. The molecular weight excluding hydrogens is 187 g/mol. The molecule has 0 rings (SSSR count). The van der Waals surface area contributed by atoms with Gasteiger partial charge in [-0.2, -0.15) is 0 Å². The third kappa shape index (κ3) is 6900. The molecule has 0 fully saturated rings. The summed E-state index contributed by atoms with van der Waals surface area (Å²) in [5.74, 6) is 0. The van der Waals surface area contributed by atoms with Crippen molar-refractivity contribution in [2.75, 3.05) is 0 Å². The zero-order valence-electron chi connectivity index (χ0n) is 4.77. The molecule has 0 radical (unpaired) electrons. The minimum atomic E-state index is -11.2. The van der Waals surface area contributed by atoms with Crippen molar-refractivity contribution in [3.8, 4) is 0 Å². The predicted molar refractivity (Wildman–Crippen MR) is 14.6 cm³/mol. The molecule has 0 saturated carbocycles. The normalized spacial score (nSPS) is 23.1. The van der Waals surface area contributed by atoms with E-state index in [1.807, 2.05) is 0 Å². The van der Waals surface area contributed by atoms with Crippen molar-refractivity contribution in [1.82, 2.24) is 0 Å². The van der Waals surface area contributed by atoms with E-state index < -0.39 is 13.9 Å². The Labute approximate surface area is 38.9 Å². The van der Waals surface area contributed by atoms with Gasteiger partial charge >= 0.3 is 37.7 Å². The van der Waals surface area contributed by atoms with Crippen molar-refractivity contribution in [2.24, 2.45) is 0 Å². The molecule has 7 heavy (non-hydrogen) atoms. The Balaban J connectivity index is -0.000000180. The first kappa shape index (κ1) is 7.12. The Morgan fingerprint density at radius 1 is 0.714 bits per heavy atom. The first-order chi connectivity index (χ1) is 2.45. The van der Waals surface area contributed by atoms with Gasteiger partial charge in [0.05, 0.1) is 0 Å². The molecule has 0 nitrogen and oxygen atoms in total. The zero-order chi connectivity index (χ0) is 6.41. The maximum atomic E-state index is 9.92. The predicted octanol–water partition coefficient (Wildman–Crippen LogP) is 2.37. The van der Waals surface area contributed by atoms with Crippen molar-refractivity contribution in [3.05, 3.63) is 0 Å². The van der Waals surface area contributed by atoms with E-state index in [1.54, 1.807) is 0 Å². The van der Waals surface area contributed by atoms with E-state index in [1.165, 1.54) is 0 Å². The van der Waals surface area contributed by atoms with Crippen molar-refractivity contribution >= 4 is 13.9 Å². The molecule has 0 aliphatic rings. The quantitative estimate of drug-likeness (QED) is 0.405. The molecule has 0 aromatic rings. The second-order valence-electron chi connectivity index (χ2n) is 1.07. The molecule has 0 aliphatic heterocycles. The van der Waals surface area contributed by atoms with Gasteiger partial charge in [0.2, 0.25) is 0 Å². The van der Waals surface area contributed by atoms with Gasteiger partial charge in [-0.05, 0) is 0 Å².